The number of aryl methyl sites for hydroxylation is 2. The van der Waals surface area contributed by atoms with Gasteiger partial charge in [0, 0.05) is 31.5 Å². The van der Waals surface area contributed by atoms with Crippen molar-refractivity contribution < 1.29 is 14.3 Å². The summed E-state index contributed by atoms with van der Waals surface area (Å²) in [5.74, 6) is -0.653. The number of esters is 1. The van der Waals surface area contributed by atoms with Crippen LogP contribution in [0.15, 0.2) is 35.9 Å². The number of hydrogen-bond acceptors (Lipinski definition) is 4. The fourth-order valence-electron chi connectivity index (χ4n) is 3.28. The molecule has 31 heavy (non-hydrogen) atoms. The van der Waals surface area contributed by atoms with Crippen molar-refractivity contribution in [3.8, 4) is 6.07 Å². The second-order valence-corrected chi connectivity index (χ2v) is 8.31. The molecule has 0 spiro atoms. The quantitative estimate of drug-likeness (QED) is 0.364. The number of likely N-dealkylation sites (N-methyl/N-ethyl adjacent to an activating group) is 1. The normalized spacial score (nSPS) is 11.4. The molecular formula is C25H31N3O3. The van der Waals surface area contributed by atoms with Crippen molar-refractivity contribution in [3.05, 3.63) is 64.0 Å². The van der Waals surface area contributed by atoms with Crippen molar-refractivity contribution in [2.75, 3.05) is 13.7 Å². The van der Waals surface area contributed by atoms with Crippen LogP contribution >= 0.6 is 0 Å². The van der Waals surface area contributed by atoms with Gasteiger partial charge in [0.25, 0.3) is 5.91 Å². The average molecular weight is 422 g/mol. The summed E-state index contributed by atoms with van der Waals surface area (Å²) in [6, 6.07) is 11.7. The third-order valence-electron chi connectivity index (χ3n) is 5.09. The van der Waals surface area contributed by atoms with Gasteiger partial charge in [0.05, 0.1) is 0 Å². The van der Waals surface area contributed by atoms with Crippen LogP contribution in [0.3, 0.4) is 0 Å². The summed E-state index contributed by atoms with van der Waals surface area (Å²) in [6.45, 7) is 11.1. The van der Waals surface area contributed by atoms with Crippen molar-refractivity contribution in [3.63, 3.8) is 0 Å². The van der Waals surface area contributed by atoms with E-state index in [1.165, 1.54) is 11.0 Å². The molecule has 0 saturated heterocycles. The first-order valence-corrected chi connectivity index (χ1v) is 10.4. The zero-order valence-electron chi connectivity index (χ0n) is 19.2. The number of nitrogens with zero attached hydrogens (tertiary/aromatic N) is 3. The molecule has 0 atom stereocenters. The molecule has 0 aliphatic carbocycles. The van der Waals surface area contributed by atoms with E-state index in [9.17, 15) is 14.9 Å². The summed E-state index contributed by atoms with van der Waals surface area (Å²) in [5, 5.41) is 9.44. The number of aromatic nitrogens is 1. The maximum absolute atomic E-state index is 12.4. The van der Waals surface area contributed by atoms with Crippen molar-refractivity contribution in [2.45, 2.75) is 47.7 Å². The highest BCUT2D eigenvalue weighted by molar-refractivity contribution is 5.99. The van der Waals surface area contributed by atoms with Gasteiger partial charge in [-0.3, -0.25) is 4.79 Å². The standard InChI is InChI=1S/C25H31N3O3/c1-17(2)14-28-19(4)11-22(20(28)5)12-23(13-26)25(30)31-16-24(29)27(6)15-21-9-7-18(3)8-10-21/h7-12,17H,14-16H2,1-6H3/b23-12+. The summed E-state index contributed by atoms with van der Waals surface area (Å²) in [5.41, 5.74) is 4.86. The van der Waals surface area contributed by atoms with Crippen LogP contribution in [0.4, 0.5) is 0 Å². The number of carbonyl (C=O) groups is 2. The van der Waals surface area contributed by atoms with Crippen LogP contribution < -0.4 is 0 Å². The highest BCUT2D eigenvalue weighted by Crippen LogP contribution is 2.20. The zero-order chi connectivity index (χ0) is 23.1. The number of carbonyl (C=O) groups excluding carboxylic acids is 2. The van der Waals surface area contributed by atoms with Crippen LogP contribution in [-0.2, 0) is 27.4 Å². The summed E-state index contributed by atoms with van der Waals surface area (Å²) < 4.78 is 7.29. The lowest BCUT2D eigenvalue weighted by atomic mass is 10.1. The van der Waals surface area contributed by atoms with Gasteiger partial charge in [-0.15, -0.1) is 0 Å². The molecule has 0 aliphatic heterocycles. The number of amides is 1. The zero-order valence-corrected chi connectivity index (χ0v) is 19.2. The molecule has 0 bridgehead atoms. The fraction of sp³-hybridized carbons (Fsp3) is 0.400. The van der Waals surface area contributed by atoms with Crippen LogP contribution in [0.25, 0.3) is 6.08 Å². The predicted octanol–water partition coefficient (Wildman–Crippen LogP) is 4.18. The molecule has 0 N–H and O–H groups in total. The molecule has 1 amide bonds. The number of ether oxygens (including phenoxy) is 1. The minimum atomic E-state index is -0.798. The average Bonchev–Trinajstić information content (AvgIpc) is 2.98. The third-order valence-corrected chi connectivity index (χ3v) is 5.09. The van der Waals surface area contributed by atoms with Crippen LogP contribution in [0.1, 0.15) is 41.9 Å². The summed E-state index contributed by atoms with van der Waals surface area (Å²) in [6.07, 6.45) is 1.53. The van der Waals surface area contributed by atoms with Crippen molar-refractivity contribution in [1.82, 2.24) is 9.47 Å². The summed E-state index contributed by atoms with van der Waals surface area (Å²) in [4.78, 5) is 26.2. The van der Waals surface area contributed by atoms with Gasteiger partial charge >= 0.3 is 5.97 Å². The van der Waals surface area contributed by atoms with Gasteiger partial charge in [0.1, 0.15) is 11.6 Å². The highest BCUT2D eigenvalue weighted by atomic mass is 16.5. The monoisotopic (exact) mass is 421 g/mol. The Bertz CT molecular complexity index is 1010. The maximum Gasteiger partial charge on any atom is 0.349 e. The van der Waals surface area contributed by atoms with Crippen molar-refractivity contribution in [2.24, 2.45) is 5.92 Å². The second kappa shape index (κ2) is 10.6. The molecule has 0 radical (unpaired) electrons. The largest absolute Gasteiger partial charge is 0.451 e. The van der Waals surface area contributed by atoms with Gasteiger partial charge in [-0.1, -0.05) is 43.7 Å². The van der Waals surface area contributed by atoms with E-state index in [4.69, 9.17) is 4.74 Å². The molecular weight excluding hydrogens is 390 g/mol. The summed E-state index contributed by atoms with van der Waals surface area (Å²) in [7, 11) is 1.65. The number of benzene rings is 1. The number of hydrogen-bond donors (Lipinski definition) is 0. The predicted molar refractivity (Wildman–Crippen MR) is 121 cm³/mol. The smallest absolute Gasteiger partial charge is 0.349 e. The molecule has 6 heteroatoms. The number of nitriles is 1. The minimum absolute atomic E-state index is 0.126. The maximum atomic E-state index is 12.4. The van der Waals surface area contributed by atoms with Crippen LogP contribution in [0, 0.1) is 38.0 Å². The topological polar surface area (TPSA) is 75.3 Å². The molecule has 1 heterocycles. The van der Waals surface area contributed by atoms with E-state index in [1.54, 1.807) is 7.05 Å². The molecule has 0 unspecified atom stereocenters. The van der Waals surface area contributed by atoms with Gasteiger partial charge in [0.15, 0.2) is 6.61 Å². The number of rotatable bonds is 8. The second-order valence-electron chi connectivity index (χ2n) is 8.31. The Balaban J connectivity index is 2.02. The third kappa shape index (κ3) is 6.58. The Labute approximate surface area is 184 Å². The molecule has 6 nitrogen and oxygen atoms in total. The minimum Gasteiger partial charge on any atom is -0.451 e. The fourth-order valence-corrected chi connectivity index (χ4v) is 3.28. The molecule has 0 saturated carbocycles. The van der Waals surface area contributed by atoms with Crippen molar-refractivity contribution in [1.29, 1.82) is 5.26 Å². The molecule has 164 valence electrons. The molecule has 0 aliphatic rings. The highest BCUT2D eigenvalue weighted by Gasteiger charge is 2.17. The van der Waals surface area contributed by atoms with Crippen LogP contribution in [0.2, 0.25) is 0 Å². The Morgan fingerprint density at radius 3 is 2.42 bits per heavy atom. The van der Waals surface area contributed by atoms with Gasteiger partial charge in [0.2, 0.25) is 0 Å². The molecule has 1 aromatic carbocycles. The lowest BCUT2D eigenvalue weighted by molar-refractivity contribution is -0.148. The molecule has 2 aromatic rings. The first kappa shape index (κ1) is 23.9. The van der Waals surface area contributed by atoms with E-state index < -0.39 is 12.6 Å². The lowest BCUT2D eigenvalue weighted by Crippen LogP contribution is -2.31. The van der Waals surface area contributed by atoms with E-state index in [0.717, 1.165) is 34.6 Å². The molecule has 2 rings (SSSR count). The van der Waals surface area contributed by atoms with Crippen molar-refractivity contribution >= 4 is 18.0 Å². The Hall–Kier alpha value is -3.33. The summed E-state index contributed by atoms with van der Waals surface area (Å²) >= 11 is 0. The van der Waals surface area contributed by atoms with Crippen LogP contribution in [0.5, 0.6) is 0 Å². The lowest BCUT2D eigenvalue weighted by Gasteiger charge is -2.17. The first-order chi connectivity index (χ1) is 14.6. The SMILES string of the molecule is Cc1ccc(CN(C)C(=O)COC(=O)/C(C#N)=C/c2cc(C)n(CC(C)C)c2C)cc1. The molecule has 0 fully saturated rings. The van der Waals surface area contributed by atoms with E-state index in [1.807, 2.05) is 57.2 Å². The Morgan fingerprint density at radius 1 is 1.19 bits per heavy atom. The van der Waals surface area contributed by atoms with Gasteiger partial charge in [-0.2, -0.15) is 5.26 Å². The Kier molecular flexibility index (Phi) is 8.21. The van der Waals surface area contributed by atoms with E-state index >= 15 is 0 Å². The van der Waals surface area contributed by atoms with Crippen LogP contribution in [-0.4, -0.2) is 35.0 Å². The van der Waals surface area contributed by atoms with E-state index in [0.29, 0.717) is 12.5 Å². The van der Waals surface area contributed by atoms with Gasteiger partial charge in [-0.25, -0.2) is 4.79 Å². The van der Waals surface area contributed by atoms with E-state index in [2.05, 4.69) is 18.4 Å². The van der Waals surface area contributed by atoms with E-state index in [-0.39, 0.29) is 11.5 Å². The van der Waals surface area contributed by atoms with Gasteiger partial charge < -0.3 is 14.2 Å². The molecule has 1 aromatic heterocycles. The van der Waals surface area contributed by atoms with Gasteiger partial charge in [-0.05, 0) is 50.0 Å². The Morgan fingerprint density at radius 2 is 1.84 bits per heavy atom. The first-order valence-electron chi connectivity index (χ1n) is 10.4.